The van der Waals surface area contributed by atoms with Crippen LogP contribution in [0.4, 0.5) is 13.2 Å². The lowest BCUT2D eigenvalue weighted by atomic mass is 9.47. The van der Waals surface area contributed by atoms with Crippen LogP contribution in [0.1, 0.15) is 46.0 Å². The van der Waals surface area contributed by atoms with Gasteiger partial charge in [0.25, 0.3) is 0 Å². The van der Waals surface area contributed by atoms with E-state index in [-0.39, 0.29) is 29.2 Å². The van der Waals surface area contributed by atoms with Gasteiger partial charge in [0.05, 0.1) is 0 Å². The van der Waals surface area contributed by atoms with Gasteiger partial charge in [0.2, 0.25) is 21.8 Å². The van der Waals surface area contributed by atoms with Crippen molar-refractivity contribution < 1.29 is 35.9 Å². The minimum Gasteiger partial charge on any atom is -0.404 e. The fourth-order valence-corrected chi connectivity index (χ4v) is 7.77. The molecular weight excluding hydrogens is 486 g/mol. The molecule has 0 aromatic heterocycles. The molecule has 4 saturated carbocycles. The van der Waals surface area contributed by atoms with Gasteiger partial charge in [0.15, 0.2) is 0 Å². The zero-order valence-electron chi connectivity index (χ0n) is 19.3. The number of sulfonamides is 1. The van der Waals surface area contributed by atoms with Crippen LogP contribution >= 0.6 is 0 Å². The molecular formula is C22H27BF3N3O5S. The van der Waals surface area contributed by atoms with Crippen LogP contribution < -0.4 is 26.0 Å². The number of hydrogen-bond acceptors (Lipinski definition) is 5. The smallest absolute Gasteiger partial charge is 0.404 e. The Morgan fingerprint density at radius 2 is 1.74 bits per heavy atom. The molecule has 1 aromatic carbocycles. The third-order valence-electron chi connectivity index (χ3n) is 7.53. The maximum Gasteiger partial charge on any atom is 0.573 e. The molecule has 4 bridgehead atoms. The van der Waals surface area contributed by atoms with E-state index in [9.17, 15) is 31.2 Å². The second-order valence-electron chi connectivity index (χ2n) is 10.6. The van der Waals surface area contributed by atoms with Gasteiger partial charge in [-0.05, 0) is 75.8 Å². The van der Waals surface area contributed by atoms with E-state index in [0.29, 0.717) is 18.8 Å². The molecule has 1 aromatic rings. The van der Waals surface area contributed by atoms with E-state index in [1.54, 1.807) is 0 Å². The summed E-state index contributed by atoms with van der Waals surface area (Å²) in [4.78, 5) is 24.5. The molecule has 190 valence electrons. The van der Waals surface area contributed by atoms with Gasteiger partial charge in [0, 0.05) is 11.5 Å². The molecule has 2 atom stereocenters. The zero-order valence-corrected chi connectivity index (χ0v) is 20.1. The number of amides is 2. The highest BCUT2D eigenvalue weighted by molar-refractivity contribution is 7.89. The van der Waals surface area contributed by atoms with Crippen molar-refractivity contribution in [3.8, 4) is 5.75 Å². The minimum absolute atomic E-state index is 0.0500. The Labute approximate surface area is 203 Å². The Morgan fingerprint density at radius 1 is 1.14 bits per heavy atom. The maximum atomic E-state index is 13.2. The predicted molar refractivity (Wildman–Crippen MR) is 120 cm³/mol. The molecule has 4 N–H and O–H groups in total. The summed E-state index contributed by atoms with van der Waals surface area (Å²) in [5.74, 6) is -1.46. The molecule has 0 spiro atoms. The third-order valence-corrected chi connectivity index (χ3v) is 9.23. The van der Waals surface area contributed by atoms with E-state index in [0.717, 1.165) is 37.5 Å². The Morgan fingerprint density at radius 3 is 2.29 bits per heavy atom. The molecule has 5 rings (SSSR count). The molecule has 35 heavy (non-hydrogen) atoms. The molecule has 0 aliphatic heterocycles. The van der Waals surface area contributed by atoms with Gasteiger partial charge in [-0.2, -0.15) is 4.72 Å². The van der Waals surface area contributed by atoms with Gasteiger partial charge in [-0.3, -0.25) is 9.59 Å². The van der Waals surface area contributed by atoms with Crippen LogP contribution in [0, 0.1) is 23.2 Å². The average molecular weight is 513 g/mol. The van der Waals surface area contributed by atoms with E-state index < -0.39 is 43.9 Å². The van der Waals surface area contributed by atoms with Gasteiger partial charge < -0.3 is 15.8 Å². The van der Waals surface area contributed by atoms with E-state index in [2.05, 4.69) is 14.8 Å². The summed E-state index contributed by atoms with van der Waals surface area (Å²) >= 11 is 0. The summed E-state index contributed by atoms with van der Waals surface area (Å²) in [7, 11) is 0.881. The number of nitrogens with two attached hydrogens (primary N) is 1. The SMILES string of the molecule is [B]c1ccc(S(=O)(=O)NC(C)(C)C(=O)NC2C3CC4CC2CC(C(N)=O)(C4)C3)c(OC(F)(F)F)c1. The number of carbonyl (C=O) groups excluding carboxylic acids is 2. The summed E-state index contributed by atoms with van der Waals surface area (Å²) in [6.07, 6.45) is -1.51. The van der Waals surface area contributed by atoms with E-state index in [1.165, 1.54) is 13.8 Å². The van der Waals surface area contributed by atoms with E-state index in [1.807, 2.05) is 0 Å². The maximum absolute atomic E-state index is 13.2. The fourth-order valence-electron chi connectivity index (χ4n) is 6.28. The highest BCUT2D eigenvalue weighted by atomic mass is 32.2. The number of carbonyl (C=O) groups is 2. The van der Waals surface area contributed by atoms with Crippen molar-refractivity contribution in [3.63, 3.8) is 0 Å². The lowest BCUT2D eigenvalue weighted by Gasteiger charge is -2.59. The standard InChI is InChI=1S/C22H27BF3N3O5S/c1-20(2,29-35(32,33)16-4-3-14(23)7-15(16)34-22(24,25)26)19(31)28-17-12-5-11-6-13(17)10-21(8-11,9-12)18(27)30/h3-4,7,11-13,17,29H,5-6,8-10H2,1-2H3,(H2,27,30)(H,28,31). The monoisotopic (exact) mass is 513 g/mol. The molecule has 2 radical (unpaired) electrons. The fraction of sp³-hybridized carbons (Fsp3) is 0.636. The van der Waals surface area contributed by atoms with Crippen LogP contribution in [-0.2, 0) is 19.6 Å². The summed E-state index contributed by atoms with van der Waals surface area (Å²) in [6.45, 7) is 2.64. The highest BCUT2D eigenvalue weighted by Gasteiger charge is 2.58. The number of nitrogens with one attached hydrogen (secondary N) is 2. The lowest BCUT2D eigenvalue weighted by molar-refractivity contribution is -0.275. The van der Waals surface area contributed by atoms with Gasteiger partial charge >= 0.3 is 6.36 Å². The number of primary amides is 1. The Bertz CT molecular complexity index is 1140. The van der Waals surface area contributed by atoms with Crippen molar-refractivity contribution in [2.75, 3.05) is 0 Å². The second-order valence-corrected chi connectivity index (χ2v) is 12.2. The predicted octanol–water partition coefficient (Wildman–Crippen LogP) is 1.23. The van der Waals surface area contributed by atoms with Crippen LogP contribution in [0.15, 0.2) is 23.1 Å². The minimum atomic E-state index is -5.15. The average Bonchev–Trinajstić information content (AvgIpc) is 2.67. The van der Waals surface area contributed by atoms with Crippen LogP contribution in [0.2, 0.25) is 0 Å². The number of rotatable bonds is 7. The molecule has 4 aliphatic rings. The molecule has 4 aliphatic carbocycles. The van der Waals surface area contributed by atoms with Crippen molar-refractivity contribution in [2.24, 2.45) is 28.9 Å². The largest absolute Gasteiger partial charge is 0.573 e. The number of halogens is 3. The van der Waals surface area contributed by atoms with Crippen molar-refractivity contribution in [1.82, 2.24) is 10.0 Å². The lowest BCUT2D eigenvalue weighted by Crippen LogP contribution is -2.65. The van der Waals surface area contributed by atoms with E-state index in [4.69, 9.17) is 13.6 Å². The van der Waals surface area contributed by atoms with Crippen LogP contribution in [0.3, 0.4) is 0 Å². The summed E-state index contributed by atoms with van der Waals surface area (Å²) in [5, 5.41) is 2.95. The highest BCUT2D eigenvalue weighted by Crippen LogP contribution is 2.60. The summed E-state index contributed by atoms with van der Waals surface area (Å²) < 4.78 is 70.5. The van der Waals surface area contributed by atoms with Gasteiger partial charge in [0.1, 0.15) is 24.0 Å². The second kappa shape index (κ2) is 8.40. The first-order valence-electron chi connectivity index (χ1n) is 11.3. The Kier molecular flexibility index (Phi) is 6.19. The van der Waals surface area contributed by atoms with Crippen molar-refractivity contribution >= 4 is 35.1 Å². The molecule has 2 amide bonds. The molecule has 13 heteroatoms. The Hall–Kier alpha value is -2.28. The molecule has 8 nitrogen and oxygen atoms in total. The number of ether oxygens (including phenoxy) is 1. The van der Waals surface area contributed by atoms with Gasteiger partial charge in [-0.25, -0.2) is 8.42 Å². The molecule has 0 heterocycles. The van der Waals surface area contributed by atoms with Gasteiger partial charge in [-0.15, -0.1) is 13.2 Å². The van der Waals surface area contributed by atoms with Crippen molar-refractivity contribution in [2.45, 2.75) is 68.8 Å². The van der Waals surface area contributed by atoms with Crippen molar-refractivity contribution in [1.29, 1.82) is 0 Å². The topological polar surface area (TPSA) is 128 Å². The first kappa shape index (κ1) is 25.8. The number of hydrogen-bond donors (Lipinski definition) is 3. The first-order valence-corrected chi connectivity index (χ1v) is 12.8. The molecule has 0 saturated heterocycles. The molecule has 2 unspecified atom stereocenters. The van der Waals surface area contributed by atoms with Crippen LogP contribution in [-0.4, -0.2) is 46.0 Å². The van der Waals surface area contributed by atoms with Crippen LogP contribution in [0.5, 0.6) is 5.75 Å². The van der Waals surface area contributed by atoms with Gasteiger partial charge in [-0.1, -0.05) is 11.5 Å². The molecule has 4 fully saturated rings. The van der Waals surface area contributed by atoms with Crippen LogP contribution in [0.25, 0.3) is 0 Å². The zero-order chi connectivity index (χ0) is 26.0. The van der Waals surface area contributed by atoms with E-state index >= 15 is 0 Å². The normalized spacial score (nSPS) is 30.2. The summed E-state index contributed by atoms with van der Waals surface area (Å²) in [5.41, 5.74) is 3.33. The summed E-state index contributed by atoms with van der Waals surface area (Å²) in [6, 6.07) is 2.51. The number of alkyl halides is 3. The quantitative estimate of drug-likeness (QED) is 0.473. The van der Waals surface area contributed by atoms with Crippen molar-refractivity contribution in [3.05, 3.63) is 18.2 Å². The number of benzene rings is 1. The Balaban J connectivity index is 1.51. The third kappa shape index (κ3) is 5.02. The first-order chi connectivity index (χ1) is 16.0.